The Hall–Kier alpha value is -3.96. The molecule has 3 aliphatic rings. The minimum absolute atomic E-state index is 0.153. The molecule has 0 radical (unpaired) electrons. The maximum absolute atomic E-state index is 15.0. The van der Waals surface area contributed by atoms with Gasteiger partial charge in [-0.2, -0.15) is 4.98 Å². The lowest BCUT2D eigenvalue weighted by atomic mass is 9.86. The molecule has 43 heavy (non-hydrogen) atoms. The zero-order valence-corrected chi connectivity index (χ0v) is 24.9. The zero-order valence-electron chi connectivity index (χ0n) is 24.9. The maximum atomic E-state index is 15.0. The van der Waals surface area contributed by atoms with Gasteiger partial charge in [0.25, 0.3) is 0 Å². The number of nitrogens with two attached hydrogens (primary N) is 1. The van der Waals surface area contributed by atoms with Gasteiger partial charge in [-0.1, -0.05) is 31.1 Å². The van der Waals surface area contributed by atoms with Crippen LogP contribution in [0, 0.1) is 17.7 Å². The number of ether oxygens (including phenoxy) is 1. The zero-order chi connectivity index (χ0) is 30.5. The number of halogens is 1. The van der Waals surface area contributed by atoms with E-state index in [9.17, 15) is 18.8 Å². The highest BCUT2D eigenvalue weighted by Crippen LogP contribution is 2.33. The van der Waals surface area contributed by atoms with Crippen molar-refractivity contribution in [1.29, 1.82) is 0 Å². The average molecular weight is 597 g/mol. The monoisotopic (exact) mass is 596 g/mol. The number of primary amides is 1. The highest BCUT2D eigenvalue weighted by Gasteiger charge is 2.33. The van der Waals surface area contributed by atoms with Crippen LogP contribution in [0.5, 0.6) is 5.75 Å². The minimum atomic E-state index is -0.595. The number of nitrogens with zero attached hydrogens (tertiary/aromatic N) is 4. The first kappa shape index (κ1) is 30.5. The minimum Gasteiger partial charge on any atom is -0.490 e. The molecule has 1 aliphatic carbocycles. The summed E-state index contributed by atoms with van der Waals surface area (Å²) < 4.78 is 26.3. The van der Waals surface area contributed by atoms with Crippen LogP contribution in [0.3, 0.4) is 0 Å². The van der Waals surface area contributed by atoms with Crippen molar-refractivity contribution >= 4 is 29.3 Å². The summed E-state index contributed by atoms with van der Waals surface area (Å²) in [6.07, 6.45) is 6.75. The molecular weight excluding hydrogens is 555 g/mol. The topological polar surface area (TPSA) is 144 Å². The quantitative estimate of drug-likeness (QED) is 0.425. The highest BCUT2D eigenvalue weighted by atomic mass is 19.1. The van der Waals surface area contributed by atoms with Crippen LogP contribution >= 0.6 is 0 Å². The Morgan fingerprint density at radius 3 is 2.60 bits per heavy atom. The fourth-order valence-electron chi connectivity index (χ4n) is 6.01. The first-order valence-electron chi connectivity index (χ1n) is 15.3. The smallest absolute Gasteiger partial charge is 0.324 e. The summed E-state index contributed by atoms with van der Waals surface area (Å²) in [4.78, 5) is 44.8. The van der Waals surface area contributed by atoms with Gasteiger partial charge in [0.05, 0.1) is 13.2 Å². The maximum Gasteiger partial charge on any atom is 0.324 e. The number of hydrogen-bond acceptors (Lipinski definition) is 8. The van der Waals surface area contributed by atoms with E-state index in [-0.39, 0.29) is 35.9 Å². The van der Waals surface area contributed by atoms with Crippen LogP contribution < -0.4 is 20.7 Å². The number of nitrogens with one attached hydrogen (secondary N) is 1. The Kier molecular flexibility index (Phi) is 9.62. The van der Waals surface area contributed by atoms with E-state index in [0.29, 0.717) is 56.6 Å². The molecular formula is C31H41FN6O5. The Bertz CT molecular complexity index is 1350. The van der Waals surface area contributed by atoms with E-state index >= 15 is 0 Å². The van der Waals surface area contributed by atoms with E-state index in [0.717, 1.165) is 43.5 Å². The molecule has 2 saturated heterocycles. The summed E-state index contributed by atoms with van der Waals surface area (Å²) in [7, 11) is 0. The number of piperidine rings is 1. The van der Waals surface area contributed by atoms with Crippen molar-refractivity contribution in [1.82, 2.24) is 20.4 Å². The van der Waals surface area contributed by atoms with E-state index in [1.807, 2.05) is 26.0 Å². The Labute approximate surface area is 251 Å². The lowest BCUT2D eigenvalue weighted by molar-refractivity contribution is -0.138. The summed E-state index contributed by atoms with van der Waals surface area (Å²) in [5.41, 5.74) is 7.15. The van der Waals surface area contributed by atoms with Crippen molar-refractivity contribution in [3.05, 3.63) is 41.5 Å². The molecule has 232 valence electrons. The molecule has 5 rings (SSSR count). The van der Waals surface area contributed by atoms with Crippen LogP contribution in [-0.4, -0.2) is 71.6 Å². The molecule has 1 aromatic heterocycles. The third kappa shape index (κ3) is 7.34. The third-order valence-corrected chi connectivity index (χ3v) is 8.71. The fraction of sp³-hybridized carbons (Fsp3) is 0.581. The molecule has 2 unspecified atom stereocenters. The number of hydrogen-bond donors (Lipinski definition) is 2. The van der Waals surface area contributed by atoms with Crippen LogP contribution in [0.4, 0.5) is 10.4 Å². The second-order valence-electron chi connectivity index (χ2n) is 12.0. The lowest BCUT2D eigenvalue weighted by Gasteiger charge is -2.30. The summed E-state index contributed by atoms with van der Waals surface area (Å²) in [6.45, 7) is 6.38. The molecule has 1 aromatic carbocycles. The molecule has 2 atom stereocenters. The molecule has 0 spiro atoms. The number of carbonyl (C=O) groups is 3. The van der Waals surface area contributed by atoms with Crippen LogP contribution in [0.1, 0.15) is 76.1 Å². The molecule has 2 aromatic rings. The second-order valence-corrected chi connectivity index (χ2v) is 12.0. The average Bonchev–Trinajstić information content (AvgIpc) is 3.71. The molecule has 3 amide bonds. The van der Waals surface area contributed by atoms with Crippen LogP contribution in [0.25, 0.3) is 5.57 Å². The van der Waals surface area contributed by atoms with Crippen molar-refractivity contribution in [3.63, 3.8) is 0 Å². The van der Waals surface area contributed by atoms with Gasteiger partial charge in [0.15, 0.2) is 17.4 Å². The van der Waals surface area contributed by atoms with Gasteiger partial charge >= 0.3 is 6.01 Å². The van der Waals surface area contributed by atoms with Gasteiger partial charge in [0.2, 0.25) is 17.7 Å². The highest BCUT2D eigenvalue weighted by molar-refractivity contribution is 5.90. The molecule has 0 saturated carbocycles. The molecule has 0 bridgehead atoms. The Morgan fingerprint density at radius 2 is 1.95 bits per heavy atom. The molecule has 12 heteroatoms. The SMILES string of the molecule is CC(C)c1noc(N2CCC(COc3ccc(C4=CCC(C(=O)NCC(=O)N5CCCC5C(N)=O)CC4)cc3F)CC2)n1. The Morgan fingerprint density at radius 1 is 1.16 bits per heavy atom. The number of aromatic nitrogens is 2. The number of carbonyl (C=O) groups excluding carboxylic acids is 3. The summed E-state index contributed by atoms with van der Waals surface area (Å²) in [6, 6.07) is 4.99. The van der Waals surface area contributed by atoms with Crippen LogP contribution in [0.15, 0.2) is 28.8 Å². The first-order valence-corrected chi connectivity index (χ1v) is 15.3. The largest absolute Gasteiger partial charge is 0.490 e. The van der Waals surface area contributed by atoms with Gasteiger partial charge in [-0.15, -0.1) is 0 Å². The summed E-state index contributed by atoms with van der Waals surface area (Å²) in [5.74, 6) is -0.220. The Balaban J connectivity index is 1.06. The summed E-state index contributed by atoms with van der Waals surface area (Å²) in [5, 5.41) is 6.75. The number of likely N-dealkylation sites (tertiary alicyclic amines) is 1. The molecule has 3 N–H and O–H groups in total. The number of amides is 3. The molecule has 2 aliphatic heterocycles. The van der Waals surface area contributed by atoms with Crippen molar-refractivity contribution in [2.75, 3.05) is 37.7 Å². The molecule has 2 fully saturated rings. The van der Waals surface area contributed by atoms with Gasteiger partial charge in [-0.05, 0) is 74.1 Å². The van der Waals surface area contributed by atoms with Crippen molar-refractivity contribution in [3.8, 4) is 5.75 Å². The number of allylic oxidation sites excluding steroid dienone is 2. The predicted octanol–water partition coefficient (Wildman–Crippen LogP) is 3.40. The van der Waals surface area contributed by atoms with Gasteiger partial charge in [-0.25, -0.2) is 4.39 Å². The van der Waals surface area contributed by atoms with E-state index in [1.165, 1.54) is 11.0 Å². The van der Waals surface area contributed by atoms with Crippen LogP contribution in [-0.2, 0) is 14.4 Å². The van der Waals surface area contributed by atoms with Crippen molar-refractivity contribution in [2.24, 2.45) is 17.6 Å². The fourth-order valence-corrected chi connectivity index (χ4v) is 6.01. The lowest BCUT2D eigenvalue weighted by Crippen LogP contribution is -2.48. The third-order valence-electron chi connectivity index (χ3n) is 8.71. The molecule has 11 nitrogen and oxygen atoms in total. The van der Waals surface area contributed by atoms with Crippen molar-refractivity contribution in [2.45, 2.75) is 70.8 Å². The van der Waals surface area contributed by atoms with E-state index in [4.69, 9.17) is 15.0 Å². The van der Waals surface area contributed by atoms with Gasteiger partial charge in [0, 0.05) is 31.5 Å². The van der Waals surface area contributed by atoms with Gasteiger partial charge in [-0.3, -0.25) is 14.4 Å². The molecule has 3 heterocycles. The predicted molar refractivity (Wildman–Crippen MR) is 157 cm³/mol. The number of anilines is 1. The van der Waals surface area contributed by atoms with Crippen LogP contribution in [0.2, 0.25) is 0 Å². The number of benzene rings is 1. The van der Waals surface area contributed by atoms with E-state index in [2.05, 4.69) is 20.4 Å². The van der Waals surface area contributed by atoms with Gasteiger partial charge < -0.3 is 30.1 Å². The van der Waals surface area contributed by atoms with Crippen molar-refractivity contribution < 1.29 is 28.0 Å². The van der Waals surface area contributed by atoms with E-state index in [1.54, 1.807) is 6.07 Å². The van der Waals surface area contributed by atoms with Gasteiger partial charge in [0.1, 0.15) is 6.04 Å². The second kappa shape index (κ2) is 13.6. The van der Waals surface area contributed by atoms with E-state index < -0.39 is 17.8 Å². The standard InChI is InChI=1S/C31H41FN6O5/c1-19(2)29-35-31(43-36-29)37-14-11-20(12-15-37)18-42-26-10-9-23(16-24(26)32)21-5-7-22(8-6-21)30(41)34-17-27(39)38-13-3-4-25(38)28(33)40/h5,9-10,16,19-20,22,25H,3-4,6-8,11-15,17-18H2,1-2H3,(H2,33,40)(H,34,41). The first-order chi connectivity index (χ1) is 20.7. The number of rotatable bonds is 10. The normalized spacial score (nSPS) is 21.2. The summed E-state index contributed by atoms with van der Waals surface area (Å²) >= 11 is 0.